The Balaban J connectivity index is -0.000000285. The number of hydrogen-bond acceptors (Lipinski definition) is 20. The van der Waals surface area contributed by atoms with Gasteiger partial charge in [-0.05, 0) is 83.0 Å². The topological polar surface area (TPSA) is 281 Å². The number of methoxy groups -OCH3 is 3. The Kier molecular flexibility index (Phi) is 51.7. The second-order valence-corrected chi connectivity index (χ2v) is 27.9. The first kappa shape index (κ1) is 77.6. The van der Waals surface area contributed by atoms with Gasteiger partial charge in [-0.1, -0.05) is 12.8 Å². The van der Waals surface area contributed by atoms with Crippen LogP contribution in [0.3, 0.4) is 0 Å². The van der Waals surface area contributed by atoms with Gasteiger partial charge in [0.25, 0.3) is 14.2 Å². The molecule has 0 spiro atoms. The third kappa shape index (κ3) is 51.6. The minimum absolute atomic E-state index is 0. The molecule has 394 valence electrons. The number of hydrogen-bond donors (Lipinski definition) is 2. The molecule has 12 atom stereocenters. The average Bonchev–Trinajstić information content (AvgIpc) is 3.50. The summed E-state index contributed by atoms with van der Waals surface area (Å²) in [6.07, 6.45) is 4.99. The average molecular weight is 1170 g/mol. The molecule has 4 N–H and O–H groups in total. The van der Waals surface area contributed by atoms with Gasteiger partial charge in [-0.25, -0.2) is 9.65 Å². The smallest absolute Gasteiger partial charge is 0.870 e. The van der Waals surface area contributed by atoms with Gasteiger partial charge in [0.15, 0.2) is 6.66 Å². The predicted octanol–water partition coefficient (Wildman–Crippen LogP) is 8.35. The normalized spacial score (nSPS) is 22.2. The summed E-state index contributed by atoms with van der Waals surface area (Å²) in [7, 11) is 3.56. The first-order valence-electron chi connectivity index (χ1n) is 20.2. The number of rotatable bonds is 25. The Labute approximate surface area is 437 Å². The van der Waals surface area contributed by atoms with Gasteiger partial charge < -0.3 is 43.7 Å². The van der Waals surface area contributed by atoms with E-state index in [9.17, 15) is 27.4 Å². The van der Waals surface area contributed by atoms with E-state index in [0.717, 1.165) is 19.3 Å². The van der Waals surface area contributed by atoms with Crippen LogP contribution in [-0.2, 0) is 82.5 Å². The van der Waals surface area contributed by atoms with Gasteiger partial charge in [0.1, 0.15) is 25.2 Å². The van der Waals surface area contributed by atoms with Crippen LogP contribution in [0.5, 0.6) is 0 Å². The third-order valence-electron chi connectivity index (χ3n) is 7.49. The van der Waals surface area contributed by atoms with Gasteiger partial charge in [-0.15, -0.1) is 13.6 Å². The van der Waals surface area contributed by atoms with Crippen molar-refractivity contribution in [2.24, 2.45) is 5.73 Å². The summed E-state index contributed by atoms with van der Waals surface area (Å²) in [6, 6.07) is 0.809. The molecule has 0 bridgehead atoms. The van der Waals surface area contributed by atoms with Gasteiger partial charge in [-0.3, -0.25) is 22.7 Å². The number of halogens is 4. The number of nitrogens with two attached hydrogens (primary N) is 1. The van der Waals surface area contributed by atoms with Crippen LogP contribution in [0.15, 0.2) is 0 Å². The summed E-state index contributed by atoms with van der Waals surface area (Å²) in [4.78, 5) is 0. The van der Waals surface area contributed by atoms with Crippen molar-refractivity contribution in [2.75, 3.05) is 94.0 Å². The molecular weight excluding hydrogens is 1090 g/mol. The van der Waals surface area contributed by atoms with Crippen LogP contribution >= 0.6 is 89.0 Å². The summed E-state index contributed by atoms with van der Waals surface area (Å²) in [6.45, 7) is 11.1. The Morgan fingerprint density at radius 1 is 0.758 bits per heavy atom. The molecule has 32 heteroatoms. The Morgan fingerprint density at radius 3 is 1.55 bits per heavy atom. The minimum atomic E-state index is -3.82. The third-order valence-corrected chi connectivity index (χ3v) is 14.7. The summed E-state index contributed by atoms with van der Waals surface area (Å²) in [5.41, 5.74) is 5.38. The van der Waals surface area contributed by atoms with E-state index < -0.39 is 63.2 Å². The van der Waals surface area contributed by atoms with Crippen molar-refractivity contribution in [1.29, 1.82) is 0 Å². The number of ether oxygens (including phenoxy) is 4. The van der Waals surface area contributed by atoms with Crippen molar-refractivity contribution in [3.8, 4) is 0 Å². The first-order chi connectivity index (χ1) is 29.5. The molecule has 0 aromatic rings. The minimum Gasteiger partial charge on any atom is -0.870 e. The van der Waals surface area contributed by atoms with Crippen LogP contribution in [0.2, 0.25) is 0 Å². The van der Waals surface area contributed by atoms with Crippen LogP contribution in [0, 0.1) is 0 Å². The van der Waals surface area contributed by atoms with Gasteiger partial charge in [-0.2, -0.15) is 0 Å². The maximum Gasteiger partial charge on any atom is 1.00 e. The van der Waals surface area contributed by atoms with E-state index in [1.165, 1.54) is 46.4 Å². The quantitative estimate of drug-likeness (QED) is 0.0641. The standard InChI is InChI=1S/C17H37ClNO9P3.C5H12ClO3P.C5H12O3P.C4H9N.C3H6O3P.Cl2.Na.H2O/c1-14(10-23-4)28-31(18,22)25-12-16(3)26-29(5,20)13-24-11-15(2)27-30(6,21)19-17-8-7-9-17;1-5(4-8-2)9-10(3,6)7;1-5(4-7-2)8-9(3)6;5-4-2-1-3-4;1-3-2-5-7(4)6-3;1-2;;/h14-17H,7-13H2,1-6H3,(H,19,21);5H,4H2,1-3H3;5H,4H2,1-3H3;4H,1-3,5H2;3H,2H2,1H3;;;1H2/q;;+1;;+1;;+1;/p-1. The fraction of sp³-hybridized carbons (Fsp3) is 1.00. The molecule has 1 aliphatic heterocycles. The molecule has 21 nitrogen and oxygen atoms in total. The van der Waals surface area contributed by atoms with Crippen LogP contribution in [0.4, 0.5) is 0 Å². The van der Waals surface area contributed by atoms with E-state index in [4.69, 9.17) is 74.3 Å². The van der Waals surface area contributed by atoms with Gasteiger partial charge >= 0.3 is 52.8 Å². The molecule has 0 amide bonds. The molecule has 3 aliphatic rings. The Hall–Kier alpha value is 2.68. The number of nitrogens with one attached hydrogen (secondary N) is 1. The molecule has 2 aliphatic carbocycles. The zero-order valence-corrected chi connectivity index (χ0v) is 51.3. The molecule has 2 saturated carbocycles. The second-order valence-electron chi connectivity index (χ2n) is 15.1. The van der Waals surface area contributed by atoms with Crippen molar-refractivity contribution >= 4 is 89.0 Å². The van der Waals surface area contributed by atoms with E-state index in [2.05, 4.69) is 35.8 Å². The molecule has 3 fully saturated rings. The summed E-state index contributed by atoms with van der Waals surface area (Å²) in [5.74, 6) is 0. The maximum absolute atomic E-state index is 12.6. The second kappa shape index (κ2) is 44.0. The maximum atomic E-state index is 12.6. The van der Waals surface area contributed by atoms with Crippen LogP contribution in [-0.4, -0.2) is 148 Å². The zero-order valence-electron chi connectivity index (χ0n) is 40.9. The Morgan fingerprint density at radius 2 is 1.20 bits per heavy atom. The van der Waals surface area contributed by atoms with Crippen molar-refractivity contribution in [3.05, 3.63) is 0 Å². The van der Waals surface area contributed by atoms with Crippen molar-refractivity contribution < 1.29 is 118 Å². The molecule has 3 rings (SSSR count). The predicted molar refractivity (Wildman–Crippen MR) is 259 cm³/mol. The largest absolute Gasteiger partial charge is 1.00 e. The van der Waals surface area contributed by atoms with E-state index in [-0.39, 0.29) is 85.6 Å². The summed E-state index contributed by atoms with van der Waals surface area (Å²) >= 11 is 11.1. The summed E-state index contributed by atoms with van der Waals surface area (Å²) in [5, 5.41) is 3.03. The van der Waals surface area contributed by atoms with E-state index in [1.807, 2.05) is 13.8 Å². The molecule has 66 heavy (non-hydrogen) atoms. The van der Waals surface area contributed by atoms with Crippen LogP contribution in [0.25, 0.3) is 0 Å². The molecule has 1 saturated heterocycles. The Bertz CT molecular complexity index is 1430. The van der Waals surface area contributed by atoms with E-state index in [1.54, 1.807) is 48.6 Å². The van der Waals surface area contributed by atoms with Crippen LogP contribution < -0.4 is 40.4 Å². The van der Waals surface area contributed by atoms with E-state index in [0.29, 0.717) is 25.9 Å². The van der Waals surface area contributed by atoms with Gasteiger partial charge in [0.05, 0.1) is 57.5 Å². The molecule has 12 unspecified atom stereocenters. The zero-order chi connectivity index (χ0) is 50.2. The SMILES string of the molecule is CC1CO[P+](=O)O1.COCC(C)OP(=O)(Cl)OCC(C)OP(C)(=O)COCC(C)OP(C)(=O)NC1CCC1.COCC(C)OP(C)(=O)Cl.COCC(C)O[P+](C)=O.ClCl.NC1CCC1.[Na+].[OH-]. The van der Waals surface area contributed by atoms with Crippen molar-refractivity contribution in [1.82, 2.24) is 5.09 Å². The molecule has 0 aromatic heterocycles. The molecule has 0 radical (unpaired) electrons. The fourth-order valence-electron chi connectivity index (χ4n) is 4.72. The van der Waals surface area contributed by atoms with Crippen molar-refractivity contribution in [2.45, 2.75) is 129 Å². The molecular formula is C34H77Cl4N2NaO19P6+2. The molecule has 1 heterocycles. The van der Waals surface area contributed by atoms with Gasteiger partial charge in [0.2, 0.25) is 7.37 Å². The molecule has 0 aromatic carbocycles. The summed E-state index contributed by atoms with van der Waals surface area (Å²) < 4.78 is 129. The monoisotopic (exact) mass is 1170 g/mol. The van der Waals surface area contributed by atoms with Gasteiger partial charge in [0, 0.05) is 90.9 Å². The van der Waals surface area contributed by atoms with E-state index >= 15 is 0 Å². The van der Waals surface area contributed by atoms with Crippen LogP contribution in [0.1, 0.15) is 80.1 Å². The first-order valence-corrected chi connectivity index (χ1v) is 33.8. The fourth-order valence-corrected chi connectivity index (χ4v) is 11.7. The van der Waals surface area contributed by atoms with Crippen molar-refractivity contribution in [3.63, 3.8) is 0 Å².